The molecule has 0 fully saturated rings. The normalized spacial score (nSPS) is 10.1. The molecule has 0 aliphatic rings. The molecule has 1 amide bonds. The second-order valence-electron chi connectivity index (χ2n) is 3.77. The summed E-state index contributed by atoms with van der Waals surface area (Å²) in [4.78, 5) is 25.5. The maximum atomic E-state index is 11.8. The molecule has 1 aromatic heterocycles. The number of rotatable bonds is 3. The molecule has 0 spiro atoms. The van der Waals surface area contributed by atoms with Gasteiger partial charge in [0.25, 0.3) is 11.6 Å². The largest absolute Gasteiger partial charge is 0.506 e. The molecule has 2 N–H and O–H groups in total. The number of phenolic OH excluding ortho intramolecular Hbond substituents is 1. The van der Waals surface area contributed by atoms with Crippen LogP contribution in [-0.4, -0.2) is 20.9 Å². The van der Waals surface area contributed by atoms with Gasteiger partial charge in [-0.2, -0.15) is 0 Å². The summed E-state index contributed by atoms with van der Waals surface area (Å²) in [5, 5.41) is 22.9. The lowest BCUT2D eigenvalue weighted by Crippen LogP contribution is -2.13. The topological polar surface area (TPSA) is 105 Å². The number of carbonyl (C=O) groups is 1. The highest BCUT2D eigenvalue weighted by Crippen LogP contribution is 2.28. The highest BCUT2D eigenvalue weighted by atomic mass is 35.5. The van der Waals surface area contributed by atoms with Crippen molar-refractivity contribution in [1.29, 1.82) is 0 Å². The average Bonchev–Trinajstić information content (AvgIpc) is 2.41. The second-order valence-corrected chi connectivity index (χ2v) is 4.21. The van der Waals surface area contributed by atoms with Crippen molar-refractivity contribution < 1.29 is 14.8 Å². The second kappa shape index (κ2) is 5.54. The molecule has 1 aromatic carbocycles. The van der Waals surface area contributed by atoms with E-state index in [1.165, 1.54) is 30.5 Å². The number of nitro benzene ring substituents is 1. The van der Waals surface area contributed by atoms with Gasteiger partial charge in [0, 0.05) is 12.3 Å². The molecule has 0 aliphatic carbocycles. The monoisotopic (exact) mass is 293 g/mol. The van der Waals surface area contributed by atoms with E-state index >= 15 is 0 Å². The van der Waals surface area contributed by atoms with Crippen LogP contribution in [0.15, 0.2) is 36.5 Å². The molecule has 102 valence electrons. The zero-order valence-corrected chi connectivity index (χ0v) is 10.7. The highest BCUT2D eigenvalue weighted by Gasteiger charge is 2.13. The summed E-state index contributed by atoms with van der Waals surface area (Å²) in [6, 6.07) is 6.27. The fourth-order valence-corrected chi connectivity index (χ4v) is 1.55. The van der Waals surface area contributed by atoms with Crippen molar-refractivity contribution in [1.82, 2.24) is 4.98 Å². The van der Waals surface area contributed by atoms with Crippen LogP contribution in [0.1, 0.15) is 10.5 Å². The number of non-ortho nitro benzene ring substituents is 1. The summed E-state index contributed by atoms with van der Waals surface area (Å²) in [6.07, 6.45) is 1.31. The number of pyridine rings is 1. The van der Waals surface area contributed by atoms with Crippen molar-refractivity contribution >= 4 is 28.9 Å². The van der Waals surface area contributed by atoms with E-state index in [1.807, 2.05) is 0 Å². The predicted octanol–water partition coefficient (Wildman–Crippen LogP) is 2.60. The summed E-state index contributed by atoms with van der Waals surface area (Å²) in [7, 11) is 0. The van der Waals surface area contributed by atoms with Crippen molar-refractivity contribution in [3.05, 3.63) is 57.4 Å². The molecule has 7 nitrogen and oxygen atoms in total. The number of nitrogens with zero attached hydrogens (tertiary/aromatic N) is 2. The minimum atomic E-state index is -0.647. The fourth-order valence-electron chi connectivity index (χ4n) is 1.44. The SMILES string of the molecule is O=C(Nc1ccc([N+](=O)[O-])cc1O)c1ccc(Cl)cn1. The molecule has 0 atom stereocenters. The number of carbonyl (C=O) groups excluding carboxylic acids is 1. The number of nitro groups is 1. The van der Waals surface area contributed by atoms with Crippen molar-refractivity contribution in [3.8, 4) is 5.75 Å². The summed E-state index contributed by atoms with van der Waals surface area (Å²) in [6.45, 7) is 0. The van der Waals surface area contributed by atoms with Crippen LogP contribution in [0.3, 0.4) is 0 Å². The number of amides is 1. The molecule has 1 heterocycles. The number of aromatic nitrogens is 1. The van der Waals surface area contributed by atoms with E-state index in [-0.39, 0.29) is 17.1 Å². The van der Waals surface area contributed by atoms with Crippen LogP contribution in [0, 0.1) is 10.1 Å². The number of halogens is 1. The van der Waals surface area contributed by atoms with E-state index in [1.54, 1.807) is 0 Å². The van der Waals surface area contributed by atoms with Gasteiger partial charge in [0.05, 0.1) is 21.7 Å². The molecule has 0 radical (unpaired) electrons. The number of aromatic hydroxyl groups is 1. The van der Waals surface area contributed by atoms with Crippen LogP contribution in [0.4, 0.5) is 11.4 Å². The molecule has 2 rings (SSSR count). The first-order chi connectivity index (χ1) is 9.47. The summed E-state index contributed by atoms with van der Waals surface area (Å²) >= 11 is 5.65. The van der Waals surface area contributed by atoms with Crippen LogP contribution in [0.2, 0.25) is 5.02 Å². The Morgan fingerprint density at radius 2 is 2.10 bits per heavy atom. The first-order valence-corrected chi connectivity index (χ1v) is 5.75. The zero-order valence-electron chi connectivity index (χ0n) is 9.91. The lowest BCUT2D eigenvalue weighted by Gasteiger charge is -2.06. The molecule has 20 heavy (non-hydrogen) atoms. The van der Waals surface area contributed by atoms with Gasteiger partial charge in [0.1, 0.15) is 11.4 Å². The predicted molar refractivity (Wildman–Crippen MR) is 72.0 cm³/mol. The Morgan fingerprint density at radius 1 is 1.35 bits per heavy atom. The van der Waals surface area contributed by atoms with Crippen LogP contribution in [0.5, 0.6) is 5.75 Å². The van der Waals surface area contributed by atoms with E-state index in [0.717, 1.165) is 6.07 Å². The zero-order chi connectivity index (χ0) is 14.7. The third-order valence-corrected chi connectivity index (χ3v) is 2.62. The maximum absolute atomic E-state index is 11.8. The molecule has 0 aliphatic heterocycles. The number of hydrogen-bond donors (Lipinski definition) is 2. The van der Waals surface area contributed by atoms with Gasteiger partial charge in [-0.05, 0) is 18.2 Å². The van der Waals surface area contributed by atoms with E-state index in [2.05, 4.69) is 10.3 Å². The number of phenols is 1. The van der Waals surface area contributed by atoms with Gasteiger partial charge in [-0.25, -0.2) is 4.98 Å². The first kappa shape index (κ1) is 13.8. The highest BCUT2D eigenvalue weighted by molar-refractivity contribution is 6.30. The number of nitrogens with one attached hydrogen (secondary N) is 1. The Labute approximate surface area is 118 Å². The fraction of sp³-hybridized carbons (Fsp3) is 0. The minimum Gasteiger partial charge on any atom is -0.506 e. The Bertz CT molecular complexity index is 673. The minimum absolute atomic E-state index is 0.0531. The maximum Gasteiger partial charge on any atom is 0.274 e. The van der Waals surface area contributed by atoms with Crippen LogP contribution in [-0.2, 0) is 0 Å². The molecule has 0 saturated carbocycles. The lowest BCUT2D eigenvalue weighted by molar-refractivity contribution is -0.384. The smallest absolute Gasteiger partial charge is 0.274 e. The Hall–Kier alpha value is -2.67. The number of anilines is 1. The van der Waals surface area contributed by atoms with Gasteiger partial charge in [0.2, 0.25) is 0 Å². The van der Waals surface area contributed by atoms with Crippen LogP contribution in [0.25, 0.3) is 0 Å². The molecule has 2 aromatic rings. The van der Waals surface area contributed by atoms with Crippen molar-refractivity contribution in [3.63, 3.8) is 0 Å². The Balaban J connectivity index is 2.19. The van der Waals surface area contributed by atoms with Crippen molar-refractivity contribution in [2.24, 2.45) is 0 Å². The van der Waals surface area contributed by atoms with Gasteiger partial charge < -0.3 is 10.4 Å². The molecule has 0 saturated heterocycles. The Morgan fingerprint density at radius 3 is 2.65 bits per heavy atom. The Kier molecular flexibility index (Phi) is 3.81. The van der Waals surface area contributed by atoms with Gasteiger partial charge in [0.15, 0.2) is 0 Å². The van der Waals surface area contributed by atoms with E-state index in [4.69, 9.17) is 11.6 Å². The van der Waals surface area contributed by atoms with Crippen molar-refractivity contribution in [2.75, 3.05) is 5.32 Å². The van der Waals surface area contributed by atoms with Gasteiger partial charge in [-0.3, -0.25) is 14.9 Å². The third-order valence-electron chi connectivity index (χ3n) is 2.40. The third kappa shape index (κ3) is 3.01. The lowest BCUT2D eigenvalue weighted by atomic mass is 10.2. The number of benzene rings is 1. The number of hydrogen-bond acceptors (Lipinski definition) is 5. The summed E-state index contributed by atoms with van der Waals surface area (Å²) in [5.74, 6) is -0.965. The first-order valence-electron chi connectivity index (χ1n) is 5.37. The average molecular weight is 294 g/mol. The molecule has 8 heteroatoms. The molecule has 0 bridgehead atoms. The molecule has 0 unspecified atom stereocenters. The van der Waals surface area contributed by atoms with E-state index < -0.39 is 16.6 Å². The van der Waals surface area contributed by atoms with Crippen LogP contribution >= 0.6 is 11.6 Å². The van der Waals surface area contributed by atoms with Gasteiger partial charge in [-0.15, -0.1) is 0 Å². The standard InChI is InChI=1S/C12H8ClN3O4/c13-7-1-3-10(14-6-7)12(18)15-9-4-2-8(16(19)20)5-11(9)17/h1-6,17H,(H,15,18). The van der Waals surface area contributed by atoms with Crippen LogP contribution < -0.4 is 5.32 Å². The van der Waals surface area contributed by atoms with Gasteiger partial charge in [-0.1, -0.05) is 11.6 Å². The quantitative estimate of drug-likeness (QED) is 0.514. The van der Waals surface area contributed by atoms with Gasteiger partial charge >= 0.3 is 0 Å². The molecular weight excluding hydrogens is 286 g/mol. The summed E-state index contributed by atoms with van der Waals surface area (Å²) in [5.41, 5.74) is -0.116. The summed E-state index contributed by atoms with van der Waals surface area (Å²) < 4.78 is 0. The van der Waals surface area contributed by atoms with Crippen molar-refractivity contribution in [2.45, 2.75) is 0 Å². The molecular formula is C12H8ClN3O4. The van der Waals surface area contributed by atoms with E-state index in [0.29, 0.717) is 5.02 Å². The van der Waals surface area contributed by atoms with E-state index in [9.17, 15) is 20.0 Å².